The average molecular weight is 322 g/mol. The summed E-state index contributed by atoms with van der Waals surface area (Å²) in [5, 5.41) is 12.2. The Balaban J connectivity index is 2.52. The van der Waals surface area contributed by atoms with Crippen LogP contribution in [-0.2, 0) is 15.1 Å². The first-order valence-electron chi connectivity index (χ1n) is 5.10. The summed E-state index contributed by atoms with van der Waals surface area (Å²) in [5.41, 5.74) is -1.52. The van der Waals surface area contributed by atoms with E-state index in [1.807, 2.05) is 0 Å². The van der Waals surface area contributed by atoms with Crippen LogP contribution < -0.4 is 5.32 Å². The van der Waals surface area contributed by atoms with Gasteiger partial charge >= 0.3 is 0 Å². The highest BCUT2D eigenvalue weighted by Gasteiger charge is 2.43. The summed E-state index contributed by atoms with van der Waals surface area (Å²) < 4.78 is 31.8. The molecule has 1 aromatic rings. The number of carbonyl (C=O) groups excluding carboxylic acids is 1. The van der Waals surface area contributed by atoms with Crippen LogP contribution >= 0.6 is 15.9 Å². The van der Waals surface area contributed by atoms with Crippen molar-refractivity contribution in [2.45, 2.75) is 18.8 Å². The number of carbonyl (C=O) groups is 1. The van der Waals surface area contributed by atoms with Gasteiger partial charge in [-0.25, -0.2) is 8.78 Å². The van der Waals surface area contributed by atoms with Crippen molar-refractivity contribution >= 4 is 21.8 Å². The third-order valence-corrected chi connectivity index (χ3v) is 3.44. The summed E-state index contributed by atoms with van der Waals surface area (Å²) in [4.78, 5) is 11.3. The van der Waals surface area contributed by atoms with Gasteiger partial charge in [0, 0.05) is 11.6 Å². The van der Waals surface area contributed by atoms with Gasteiger partial charge in [0.15, 0.2) is 6.29 Å². The van der Waals surface area contributed by atoms with Crippen molar-refractivity contribution in [3.05, 3.63) is 33.8 Å². The van der Waals surface area contributed by atoms with E-state index in [0.717, 1.165) is 0 Å². The summed E-state index contributed by atoms with van der Waals surface area (Å²) in [5.74, 6) is -2.12. The minimum absolute atomic E-state index is 0.0344. The van der Waals surface area contributed by atoms with Crippen LogP contribution in [0.1, 0.15) is 12.5 Å². The predicted octanol–water partition coefficient (Wildman–Crippen LogP) is 1.41. The normalized spacial score (nSPS) is 28.1. The van der Waals surface area contributed by atoms with Gasteiger partial charge in [-0.05, 0) is 28.9 Å². The molecule has 1 heterocycles. The van der Waals surface area contributed by atoms with Crippen LogP contribution in [0.15, 0.2) is 16.6 Å². The fourth-order valence-corrected chi connectivity index (χ4v) is 2.17. The van der Waals surface area contributed by atoms with Crippen LogP contribution in [0.5, 0.6) is 0 Å². The molecular weight excluding hydrogens is 312 g/mol. The number of hydrogen-bond donors (Lipinski definition) is 2. The molecule has 2 atom stereocenters. The van der Waals surface area contributed by atoms with Gasteiger partial charge in [-0.15, -0.1) is 0 Å². The van der Waals surface area contributed by atoms with Crippen molar-refractivity contribution in [1.82, 2.24) is 5.32 Å². The monoisotopic (exact) mass is 321 g/mol. The molecule has 1 aliphatic rings. The Morgan fingerprint density at radius 3 is 2.83 bits per heavy atom. The molecule has 0 unspecified atom stereocenters. The number of nitrogens with one attached hydrogen (secondary N) is 1. The maximum absolute atomic E-state index is 13.8. The molecule has 1 saturated heterocycles. The number of morpholine rings is 1. The second-order valence-electron chi connectivity index (χ2n) is 4.16. The third kappa shape index (κ3) is 2.13. The molecule has 7 heteroatoms. The SMILES string of the molecule is C[C@]1(c2cc(Br)c(F)cc2F)NC(=O)CO[C@@H]1O. The van der Waals surface area contributed by atoms with Crippen LogP contribution in [-0.4, -0.2) is 23.9 Å². The number of rotatable bonds is 1. The van der Waals surface area contributed by atoms with E-state index < -0.39 is 29.4 Å². The van der Waals surface area contributed by atoms with Gasteiger partial charge < -0.3 is 15.2 Å². The van der Waals surface area contributed by atoms with Crippen molar-refractivity contribution in [2.75, 3.05) is 6.61 Å². The summed E-state index contributed by atoms with van der Waals surface area (Å²) in [7, 11) is 0. The van der Waals surface area contributed by atoms with Crippen LogP contribution in [0.25, 0.3) is 0 Å². The second-order valence-corrected chi connectivity index (χ2v) is 5.01. The van der Waals surface area contributed by atoms with Gasteiger partial charge in [0.25, 0.3) is 0 Å². The van der Waals surface area contributed by atoms with E-state index in [4.69, 9.17) is 4.74 Å². The molecule has 0 spiro atoms. The number of amides is 1. The first-order valence-corrected chi connectivity index (χ1v) is 5.89. The number of ether oxygens (including phenoxy) is 1. The smallest absolute Gasteiger partial charge is 0.246 e. The molecule has 1 fully saturated rings. The molecule has 4 nitrogen and oxygen atoms in total. The molecule has 18 heavy (non-hydrogen) atoms. The fraction of sp³-hybridized carbons (Fsp3) is 0.364. The largest absolute Gasteiger partial charge is 0.366 e. The summed E-state index contributed by atoms with van der Waals surface area (Å²) in [6.07, 6.45) is -1.41. The van der Waals surface area contributed by atoms with E-state index >= 15 is 0 Å². The molecule has 1 aromatic carbocycles. The molecule has 0 aromatic heterocycles. The molecule has 2 rings (SSSR count). The van der Waals surface area contributed by atoms with Crippen LogP contribution in [0.2, 0.25) is 0 Å². The van der Waals surface area contributed by atoms with Crippen molar-refractivity contribution in [2.24, 2.45) is 0 Å². The first kappa shape index (κ1) is 13.4. The topological polar surface area (TPSA) is 58.6 Å². The highest BCUT2D eigenvalue weighted by Crippen LogP contribution is 2.33. The van der Waals surface area contributed by atoms with Gasteiger partial charge in [0.2, 0.25) is 5.91 Å². The zero-order valence-electron chi connectivity index (χ0n) is 9.34. The lowest BCUT2D eigenvalue weighted by Gasteiger charge is -2.39. The van der Waals surface area contributed by atoms with Gasteiger partial charge in [0.05, 0.1) is 4.47 Å². The number of benzene rings is 1. The molecule has 0 radical (unpaired) electrons. The quantitative estimate of drug-likeness (QED) is 0.769. The van der Waals surface area contributed by atoms with Gasteiger partial charge in [-0.1, -0.05) is 0 Å². The highest BCUT2D eigenvalue weighted by atomic mass is 79.9. The van der Waals surface area contributed by atoms with Gasteiger partial charge in [-0.2, -0.15) is 0 Å². The summed E-state index contributed by atoms with van der Waals surface area (Å²) in [6, 6.07) is 1.85. The number of aliphatic hydroxyl groups excluding tert-OH is 1. The first-order chi connectivity index (χ1) is 8.34. The Hall–Kier alpha value is -1.05. The zero-order valence-corrected chi connectivity index (χ0v) is 10.9. The van der Waals surface area contributed by atoms with E-state index in [1.54, 1.807) is 0 Å². The second kappa shape index (κ2) is 4.56. The van der Waals surface area contributed by atoms with E-state index in [1.165, 1.54) is 13.0 Å². The van der Waals surface area contributed by atoms with Crippen LogP contribution in [0, 0.1) is 11.6 Å². The average Bonchev–Trinajstić information content (AvgIpc) is 2.29. The fourth-order valence-electron chi connectivity index (χ4n) is 1.83. The molecule has 2 N–H and O–H groups in total. The lowest BCUT2D eigenvalue weighted by molar-refractivity contribution is -0.187. The third-order valence-electron chi connectivity index (χ3n) is 2.83. The minimum Gasteiger partial charge on any atom is -0.366 e. The Kier molecular flexibility index (Phi) is 3.39. The lowest BCUT2D eigenvalue weighted by atomic mass is 9.89. The summed E-state index contributed by atoms with van der Waals surface area (Å²) >= 11 is 2.93. The predicted molar refractivity (Wildman–Crippen MR) is 61.5 cm³/mol. The number of halogens is 3. The van der Waals surface area contributed by atoms with E-state index in [-0.39, 0.29) is 16.6 Å². The number of aliphatic hydroxyl groups is 1. The summed E-state index contributed by atoms with van der Waals surface area (Å²) in [6.45, 7) is 1.10. The van der Waals surface area contributed by atoms with Crippen LogP contribution in [0.3, 0.4) is 0 Å². The van der Waals surface area contributed by atoms with Crippen molar-refractivity contribution in [3.8, 4) is 0 Å². The Morgan fingerprint density at radius 2 is 2.17 bits per heavy atom. The molecule has 0 bridgehead atoms. The molecule has 1 amide bonds. The van der Waals surface area contributed by atoms with Gasteiger partial charge in [-0.3, -0.25) is 4.79 Å². The molecule has 1 aliphatic heterocycles. The van der Waals surface area contributed by atoms with Crippen molar-refractivity contribution in [1.29, 1.82) is 0 Å². The zero-order chi connectivity index (χ0) is 13.5. The molecular formula is C11H10BrF2NO3. The lowest BCUT2D eigenvalue weighted by Crippen LogP contribution is -2.58. The van der Waals surface area contributed by atoms with E-state index in [2.05, 4.69) is 21.2 Å². The maximum atomic E-state index is 13.8. The standard InChI is InChI=1S/C11H10BrF2NO3/c1-11(10(17)18-4-9(16)15-11)5-2-6(12)8(14)3-7(5)13/h2-3,10,17H,4H2,1H3,(H,15,16)/t10-,11+/m0/s1. The maximum Gasteiger partial charge on any atom is 0.246 e. The van der Waals surface area contributed by atoms with E-state index in [0.29, 0.717) is 6.07 Å². The molecule has 0 aliphatic carbocycles. The van der Waals surface area contributed by atoms with E-state index in [9.17, 15) is 18.7 Å². The van der Waals surface area contributed by atoms with Crippen LogP contribution in [0.4, 0.5) is 8.78 Å². The Morgan fingerprint density at radius 1 is 1.50 bits per heavy atom. The molecule has 98 valence electrons. The highest BCUT2D eigenvalue weighted by molar-refractivity contribution is 9.10. The van der Waals surface area contributed by atoms with Crippen molar-refractivity contribution < 1.29 is 23.4 Å². The van der Waals surface area contributed by atoms with Gasteiger partial charge in [0.1, 0.15) is 23.8 Å². The Labute approximate surface area is 110 Å². The minimum atomic E-state index is -1.46. The number of hydrogen-bond acceptors (Lipinski definition) is 3. The van der Waals surface area contributed by atoms with Crippen molar-refractivity contribution in [3.63, 3.8) is 0 Å². The molecule has 0 saturated carbocycles. The Bertz CT molecular complexity index is 511.